The fraction of sp³-hybridized carbons (Fsp3) is 0.429. The fourth-order valence-electron chi connectivity index (χ4n) is 3.55. The molecule has 2 heterocycles. The van der Waals surface area contributed by atoms with Crippen LogP contribution >= 0.6 is 11.3 Å². The van der Waals surface area contributed by atoms with E-state index in [1.165, 1.54) is 35.6 Å². The van der Waals surface area contributed by atoms with E-state index in [-0.39, 0.29) is 35.2 Å². The molecule has 2 fully saturated rings. The van der Waals surface area contributed by atoms with Crippen molar-refractivity contribution in [3.8, 4) is 0 Å². The predicted octanol–water partition coefficient (Wildman–Crippen LogP) is 2.36. The quantitative estimate of drug-likeness (QED) is 0.681. The zero-order chi connectivity index (χ0) is 21.1. The molecule has 4 rings (SSSR count). The van der Waals surface area contributed by atoms with Crippen molar-refractivity contribution in [3.05, 3.63) is 52.2 Å². The van der Waals surface area contributed by atoms with Crippen LogP contribution in [0.25, 0.3) is 0 Å². The van der Waals surface area contributed by atoms with Crippen LogP contribution in [0.2, 0.25) is 0 Å². The molecule has 1 aromatic carbocycles. The number of likely N-dealkylation sites (tertiary alicyclic amines) is 1. The largest absolute Gasteiger partial charge is 0.349 e. The number of hydrogen-bond donors (Lipinski definition) is 2. The zero-order valence-electron chi connectivity index (χ0n) is 16.5. The van der Waals surface area contributed by atoms with E-state index in [1.807, 2.05) is 22.4 Å². The van der Waals surface area contributed by atoms with Crippen LogP contribution in [0.5, 0.6) is 0 Å². The third kappa shape index (κ3) is 5.08. The van der Waals surface area contributed by atoms with Gasteiger partial charge in [-0.15, -0.1) is 11.3 Å². The number of hydrogen-bond acceptors (Lipinski definition) is 5. The van der Waals surface area contributed by atoms with Crippen LogP contribution in [0.1, 0.15) is 40.9 Å². The first-order chi connectivity index (χ1) is 14.4. The third-order valence-corrected chi connectivity index (χ3v) is 7.81. The number of amides is 2. The lowest BCUT2D eigenvalue weighted by atomic mass is 10.0. The van der Waals surface area contributed by atoms with Gasteiger partial charge in [-0.3, -0.25) is 9.59 Å². The highest BCUT2D eigenvalue weighted by Crippen LogP contribution is 2.31. The van der Waals surface area contributed by atoms with Gasteiger partial charge in [-0.2, -0.15) is 0 Å². The van der Waals surface area contributed by atoms with Crippen LogP contribution in [-0.2, 0) is 21.4 Å². The van der Waals surface area contributed by atoms with Crippen LogP contribution < -0.4 is 10.0 Å². The van der Waals surface area contributed by atoms with Gasteiger partial charge in [0, 0.05) is 42.0 Å². The monoisotopic (exact) mass is 447 g/mol. The molecule has 2 aromatic rings. The molecule has 0 atom stereocenters. The number of carbonyl (C=O) groups excluding carboxylic acids is 2. The minimum absolute atomic E-state index is 0.0247. The first-order valence-corrected chi connectivity index (χ1v) is 12.5. The number of benzene rings is 1. The van der Waals surface area contributed by atoms with Gasteiger partial charge in [0.1, 0.15) is 0 Å². The van der Waals surface area contributed by atoms with Gasteiger partial charge in [-0.05, 0) is 61.4 Å². The van der Waals surface area contributed by atoms with Gasteiger partial charge < -0.3 is 10.2 Å². The van der Waals surface area contributed by atoms with E-state index >= 15 is 0 Å². The van der Waals surface area contributed by atoms with Crippen LogP contribution in [-0.4, -0.2) is 44.3 Å². The van der Waals surface area contributed by atoms with Gasteiger partial charge >= 0.3 is 0 Å². The molecule has 7 nitrogen and oxygen atoms in total. The van der Waals surface area contributed by atoms with Gasteiger partial charge in [0.25, 0.3) is 5.91 Å². The molecule has 0 bridgehead atoms. The van der Waals surface area contributed by atoms with E-state index in [4.69, 9.17) is 0 Å². The zero-order valence-corrected chi connectivity index (χ0v) is 18.2. The summed E-state index contributed by atoms with van der Waals surface area (Å²) in [4.78, 5) is 27.6. The molecular weight excluding hydrogens is 422 g/mol. The fourth-order valence-corrected chi connectivity index (χ4v) is 5.29. The number of thiophene rings is 1. The Kier molecular flexibility index (Phi) is 6.21. The summed E-state index contributed by atoms with van der Waals surface area (Å²) in [6.45, 7) is 1.59. The second kappa shape index (κ2) is 8.87. The molecular formula is C21H25N3O4S2. The maximum Gasteiger partial charge on any atom is 0.251 e. The summed E-state index contributed by atoms with van der Waals surface area (Å²) in [6, 6.07) is 9.72. The van der Waals surface area contributed by atoms with Gasteiger partial charge in [0.15, 0.2) is 0 Å². The number of piperidine rings is 1. The lowest BCUT2D eigenvalue weighted by Crippen LogP contribution is -2.47. The molecule has 2 aliphatic rings. The van der Waals surface area contributed by atoms with Gasteiger partial charge in [-0.1, -0.05) is 6.07 Å². The van der Waals surface area contributed by atoms with Gasteiger partial charge in [0.2, 0.25) is 15.9 Å². The number of sulfonamides is 1. The molecule has 2 amide bonds. The highest BCUT2D eigenvalue weighted by molar-refractivity contribution is 7.89. The summed E-state index contributed by atoms with van der Waals surface area (Å²) in [5.74, 6) is 0.257. The second-order valence-electron chi connectivity index (χ2n) is 7.78. The Hall–Kier alpha value is -2.23. The average molecular weight is 448 g/mol. The van der Waals surface area contributed by atoms with E-state index in [9.17, 15) is 18.0 Å². The molecule has 0 spiro atoms. The van der Waals surface area contributed by atoms with Crippen molar-refractivity contribution in [3.63, 3.8) is 0 Å². The topological polar surface area (TPSA) is 95.6 Å². The van der Waals surface area contributed by atoms with Crippen molar-refractivity contribution < 1.29 is 18.0 Å². The summed E-state index contributed by atoms with van der Waals surface area (Å²) in [6.07, 6.45) is 3.49. The van der Waals surface area contributed by atoms with Gasteiger partial charge in [0.05, 0.1) is 4.90 Å². The molecule has 2 N–H and O–H groups in total. The number of nitrogens with zero attached hydrogens (tertiary/aromatic N) is 1. The molecule has 30 heavy (non-hydrogen) atoms. The molecule has 9 heteroatoms. The SMILES string of the molecule is O=C(NC1CCN(C(=O)C2CC2)CC1)c1ccc(S(=O)(=O)NCc2cccs2)cc1. The summed E-state index contributed by atoms with van der Waals surface area (Å²) >= 11 is 1.49. The number of carbonyl (C=O) groups is 2. The summed E-state index contributed by atoms with van der Waals surface area (Å²) in [5, 5.41) is 4.90. The summed E-state index contributed by atoms with van der Waals surface area (Å²) in [7, 11) is -3.63. The summed E-state index contributed by atoms with van der Waals surface area (Å²) < 4.78 is 27.4. The van der Waals surface area contributed by atoms with Crippen molar-refractivity contribution >= 4 is 33.2 Å². The van der Waals surface area contributed by atoms with Crippen LogP contribution in [0.4, 0.5) is 0 Å². The van der Waals surface area contributed by atoms with Crippen molar-refractivity contribution in [2.24, 2.45) is 5.92 Å². The lowest BCUT2D eigenvalue weighted by Gasteiger charge is -2.32. The Morgan fingerprint density at radius 1 is 1.03 bits per heavy atom. The number of nitrogens with one attached hydrogen (secondary N) is 2. The Labute approximate surface area is 180 Å². The lowest BCUT2D eigenvalue weighted by molar-refractivity contribution is -0.133. The van der Waals surface area contributed by atoms with Gasteiger partial charge in [-0.25, -0.2) is 13.1 Å². The maximum atomic E-state index is 12.5. The van der Waals surface area contributed by atoms with E-state index in [1.54, 1.807) is 0 Å². The molecule has 1 saturated carbocycles. The highest BCUT2D eigenvalue weighted by Gasteiger charge is 2.35. The van der Waals surface area contributed by atoms with Crippen molar-refractivity contribution in [2.45, 2.75) is 43.2 Å². The van der Waals surface area contributed by atoms with Crippen LogP contribution in [0.3, 0.4) is 0 Å². The minimum Gasteiger partial charge on any atom is -0.349 e. The molecule has 1 aliphatic carbocycles. The van der Waals surface area contributed by atoms with Crippen molar-refractivity contribution in [2.75, 3.05) is 13.1 Å². The maximum absolute atomic E-state index is 12.5. The minimum atomic E-state index is -3.63. The molecule has 1 saturated heterocycles. The van der Waals surface area contributed by atoms with E-state index in [2.05, 4.69) is 10.0 Å². The van der Waals surface area contributed by atoms with Crippen LogP contribution in [0, 0.1) is 5.92 Å². The second-order valence-corrected chi connectivity index (χ2v) is 10.6. The van der Waals surface area contributed by atoms with E-state index in [0.717, 1.165) is 30.6 Å². The first-order valence-electron chi connectivity index (χ1n) is 10.1. The molecule has 0 radical (unpaired) electrons. The molecule has 160 valence electrons. The molecule has 0 unspecified atom stereocenters. The molecule has 1 aromatic heterocycles. The van der Waals surface area contributed by atoms with Crippen molar-refractivity contribution in [1.29, 1.82) is 0 Å². The Balaban J connectivity index is 1.29. The normalized spacial score (nSPS) is 17.7. The predicted molar refractivity (Wildman–Crippen MR) is 115 cm³/mol. The van der Waals surface area contributed by atoms with Crippen molar-refractivity contribution in [1.82, 2.24) is 14.9 Å². The van der Waals surface area contributed by atoms with Crippen LogP contribution in [0.15, 0.2) is 46.7 Å². The summed E-state index contributed by atoms with van der Waals surface area (Å²) in [5.41, 5.74) is 0.420. The Morgan fingerprint density at radius 2 is 1.73 bits per heavy atom. The van der Waals surface area contributed by atoms with E-state index < -0.39 is 10.0 Å². The Morgan fingerprint density at radius 3 is 2.33 bits per heavy atom. The highest BCUT2D eigenvalue weighted by atomic mass is 32.2. The van der Waals surface area contributed by atoms with E-state index in [0.29, 0.717) is 18.7 Å². The average Bonchev–Trinajstić information content (AvgIpc) is 3.47. The third-order valence-electron chi connectivity index (χ3n) is 5.51. The number of rotatable bonds is 7. The molecule has 1 aliphatic heterocycles. The first kappa shape index (κ1) is 21.0. The Bertz CT molecular complexity index is 991. The standard InChI is InChI=1S/C21H25N3O4S2/c25-20(23-17-9-11-24(12-10-17)21(26)16-3-4-16)15-5-7-19(8-6-15)30(27,28)22-14-18-2-1-13-29-18/h1-2,5-8,13,16-17,22H,3-4,9-12,14H2,(H,23,25). The smallest absolute Gasteiger partial charge is 0.251 e.